The van der Waals surface area contributed by atoms with Gasteiger partial charge in [-0.1, -0.05) is 60.7 Å². The molecule has 3 aromatic rings. The zero-order valence-electron chi connectivity index (χ0n) is 23.2. The van der Waals surface area contributed by atoms with Crippen LogP contribution in [0, 0.1) is 0 Å². The molecule has 8 heteroatoms. The maximum Gasteiger partial charge on any atom is 0.324 e. The topological polar surface area (TPSA) is 76.6 Å². The first kappa shape index (κ1) is 28.0. The van der Waals surface area contributed by atoms with Crippen molar-refractivity contribution in [3.63, 3.8) is 0 Å². The number of aliphatic hydroxyl groups excluding tert-OH is 1. The van der Waals surface area contributed by atoms with Gasteiger partial charge in [0.05, 0.1) is 19.8 Å². The van der Waals surface area contributed by atoms with Gasteiger partial charge in [0.15, 0.2) is 5.78 Å². The Morgan fingerprint density at radius 3 is 1.95 bits per heavy atom. The van der Waals surface area contributed by atoms with Crippen molar-refractivity contribution in [3.05, 3.63) is 89.5 Å². The number of morpholine rings is 1. The van der Waals surface area contributed by atoms with Crippen molar-refractivity contribution >= 4 is 17.5 Å². The van der Waals surface area contributed by atoms with Crippen LogP contribution in [0.1, 0.15) is 21.5 Å². The van der Waals surface area contributed by atoms with Crippen LogP contribution in [0.5, 0.6) is 0 Å². The number of hydrogen-bond acceptors (Lipinski definition) is 6. The van der Waals surface area contributed by atoms with Gasteiger partial charge >= 0.3 is 6.03 Å². The van der Waals surface area contributed by atoms with Gasteiger partial charge in [-0.15, -0.1) is 0 Å². The molecule has 0 bridgehead atoms. The maximum atomic E-state index is 13.6. The Bertz CT molecular complexity index is 1260. The molecule has 2 aliphatic heterocycles. The number of piperazine rings is 1. The number of likely N-dealkylation sites (N-methyl/N-ethyl adjacent to an activating group) is 1. The molecule has 0 radical (unpaired) electrons. The van der Waals surface area contributed by atoms with E-state index < -0.39 is 6.61 Å². The molecule has 0 spiro atoms. The van der Waals surface area contributed by atoms with Crippen molar-refractivity contribution in [3.8, 4) is 11.1 Å². The molecule has 210 valence electrons. The Hall–Kier alpha value is -3.56. The second kappa shape index (κ2) is 13.2. The number of Topliss-reactive ketones (excluding diaryl/α,β-unsaturated/α-hetero) is 1. The summed E-state index contributed by atoms with van der Waals surface area (Å²) in [4.78, 5) is 33.9. The van der Waals surface area contributed by atoms with Crippen LogP contribution in [0.25, 0.3) is 11.1 Å². The summed E-state index contributed by atoms with van der Waals surface area (Å²) < 4.78 is 5.45. The molecule has 0 aliphatic carbocycles. The normalized spacial score (nSPS) is 16.6. The van der Waals surface area contributed by atoms with Crippen molar-refractivity contribution in [2.45, 2.75) is 13.1 Å². The summed E-state index contributed by atoms with van der Waals surface area (Å²) in [5.74, 6) is -0.323. The minimum Gasteiger partial charge on any atom is -0.388 e. The van der Waals surface area contributed by atoms with Crippen molar-refractivity contribution in [1.82, 2.24) is 14.7 Å². The first-order chi connectivity index (χ1) is 19.5. The monoisotopic (exact) mass is 542 g/mol. The van der Waals surface area contributed by atoms with Gasteiger partial charge in [0, 0.05) is 57.1 Å². The lowest BCUT2D eigenvalue weighted by atomic mass is 10.0. The molecule has 2 amide bonds. The van der Waals surface area contributed by atoms with E-state index in [1.165, 1.54) is 5.56 Å². The predicted octanol–water partition coefficient (Wildman–Crippen LogP) is 3.73. The van der Waals surface area contributed by atoms with Crippen LogP contribution in [-0.4, -0.2) is 97.8 Å². The summed E-state index contributed by atoms with van der Waals surface area (Å²) in [5, 5.41) is 9.14. The van der Waals surface area contributed by atoms with Crippen LogP contribution in [-0.2, 0) is 17.8 Å². The van der Waals surface area contributed by atoms with Crippen molar-refractivity contribution in [1.29, 1.82) is 0 Å². The molecule has 0 saturated carbocycles. The highest BCUT2D eigenvalue weighted by Crippen LogP contribution is 2.26. The molecule has 2 heterocycles. The number of ether oxygens (including phenoxy) is 1. The summed E-state index contributed by atoms with van der Waals surface area (Å²) >= 11 is 0. The van der Waals surface area contributed by atoms with Crippen LogP contribution < -0.4 is 4.90 Å². The Labute approximate surface area is 236 Å². The summed E-state index contributed by atoms with van der Waals surface area (Å²) in [6, 6.07) is 23.9. The lowest BCUT2D eigenvalue weighted by Gasteiger charge is -2.33. The van der Waals surface area contributed by atoms with Gasteiger partial charge in [0.25, 0.3) is 0 Å². The molecule has 8 nitrogen and oxygen atoms in total. The van der Waals surface area contributed by atoms with E-state index in [1.807, 2.05) is 29.2 Å². The number of hydrogen-bond donors (Lipinski definition) is 1. The fraction of sp³-hybridized carbons (Fsp3) is 0.375. The van der Waals surface area contributed by atoms with E-state index in [2.05, 4.69) is 53.2 Å². The molecule has 2 fully saturated rings. The Morgan fingerprint density at radius 1 is 0.775 bits per heavy atom. The number of carbonyl (C=O) groups excluding carboxylic acids is 2. The number of urea groups is 1. The Balaban J connectivity index is 1.31. The van der Waals surface area contributed by atoms with Gasteiger partial charge in [-0.25, -0.2) is 4.79 Å². The van der Waals surface area contributed by atoms with Crippen molar-refractivity contribution in [2.24, 2.45) is 0 Å². The number of aliphatic hydroxyl groups is 1. The number of benzene rings is 3. The van der Waals surface area contributed by atoms with Crippen molar-refractivity contribution in [2.75, 3.05) is 71.0 Å². The number of rotatable bonds is 8. The van der Waals surface area contributed by atoms with Gasteiger partial charge in [-0.05, 0) is 41.4 Å². The second-order valence-corrected chi connectivity index (χ2v) is 10.6. The maximum absolute atomic E-state index is 13.6. The summed E-state index contributed by atoms with van der Waals surface area (Å²) in [6.07, 6.45) is 0. The van der Waals surface area contributed by atoms with E-state index in [9.17, 15) is 9.59 Å². The molecule has 3 aromatic carbocycles. The molecule has 2 aliphatic rings. The smallest absolute Gasteiger partial charge is 0.324 e. The molecule has 0 aromatic heterocycles. The number of anilines is 1. The van der Waals surface area contributed by atoms with E-state index in [4.69, 9.17) is 9.84 Å². The highest BCUT2D eigenvalue weighted by Gasteiger charge is 2.24. The minimum absolute atomic E-state index is 0.0696. The lowest BCUT2D eigenvalue weighted by molar-refractivity contribution is 0.0548. The van der Waals surface area contributed by atoms with Gasteiger partial charge in [0.2, 0.25) is 0 Å². The molecular weight excluding hydrogens is 504 g/mol. The predicted molar refractivity (Wildman–Crippen MR) is 156 cm³/mol. The zero-order valence-corrected chi connectivity index (χ0v) is 23.2. The Kier molecular flexibility index (Phi) is 9.23. The van der Waals surface area contributed by atoms with Gasteiger partial charge < -0.3 is 19.6 Å². The third-order valence-corrected chi connectivity index (χ3v) is 7.74. The van der Waals surface area contributed by atoms with Gasteiger partial charge in [0.1, 0.15) is 6.61 Å². The number of amides is 2. The highest BCUT2D eigenvalue weighted by molar-refractivity contribution is 5.97. The average molecular weight is 543 g/mol. The largest absolute Gasteiger partial charge is 0.388 e. The standard InChI is InChI=1S/C32H38N4O4/c1-33-14-16-34(17-15-33)22-25-2-6-27(7-3-25)28-10-12-30(13-11-28)36(32(39)35-18-20-40-21-19-35)23-26-4-8-29(9-5-26)31(38)24-37/h2-13,37H,14-24H2,1H3. The molecule has 2 saturated heterocycles. The van der Waals surface area contributed by atoms with Gasteiger partial charge in [-0.2, -0.15) is 0 Å². The second-order valence-electron chi connectivity index (χ2n) is 10.6. The third-order valence-electron chi connectivity index (χ3n) is 7.74. The third kappa shape index (κ3) is 6.95. The quantitative estimate of drug-likeness (QED) is 0.437. The molecule has 0 unspecified atom stereocenters. The van der Waals surface area contributed by atoms with E-state index in [-0.39, 0.29) is 11.8 Å². The molecule has 0 atom stereocenters. The first-order valence-corrected chi connectivity index (χ1v) is 14.0. The van der Waals surface area contributed by atoms with Crippen LogP contribution in [0.15, 0.2) is 72.8 Å². The molecular formula is C32H38N4O4. The van der Waals surface area contributed by atoms with E-state index in [0.717, 1.165) is 55.1 Å². The summed E-state index contributed by atoms with van der Waals surface area (Å²) in [5.41, 5.74) is 5.72. The fourth-order valence-corrected chi connectivity index (χ4v) is 5.17. The van der Waals surface area contributed by atoms with E-state index >= 15 is 0 Å². The van der Waals surface area contributed by atoms with Crippen molar-refractivity contribution < 1.29 is 19.4 Å². The zero-order chi connectivity index (χ0) is 27.9. The van der Waals surface area contributed by atoms with Gasteiger partial charge in [-0.3, -0.25) is 14.6 Å². The van der Waals surface area contributed by atoms with Crippen LogP contribution in [0.2, 0.25) is 0 Å². The van der Waals surface area contributed by atoms with E-state index in [0.29, 0.717) is 38.4 Å². The first-order valence-electron chi connectivity index (χ1n) is 14.0. The molecule has 1 N–H and O–H groups in total. The van der Waals surface area contributed by atoms with Crippen LogP contribution in [0.4, 0.5) is 10.5 Å². The summed E-state index contributed by atoms with van der Waals surface area (Å²) in [7, 11) is 2.18. The molecule has 5 rings (SSSR count). The average Bonchev–Trinajstić information content (AvgIpc) is 3.01. The number of carbonyl (C=O) groups is 2. The van der Waals surface area contributed by atoms with E-state index in [1.54, 1.807) is 17.0 Å². The summed E-state index contributed by atoms with van der Waals surface area (Å²) in [6.45, 7) is 7.42. The fourth-order valence-electron chi connectivity index (χ4n) is 5.17. The number of nitrogens with zero attached hydrogens (tertiary/aromatic N) is 4. The number of ketones is 1. The lowest BCUT2D eigenvalue weighted by Crippen LogP contribution is -2.48. The molecule has 40 heavy (non-hydrogen) atoms. The van der Waals surface area contributed by atoms with Crippen LogP contribution >= 0.6 is 0 Å². The highest BCUT2D eigenvalue weighted by atomic mass is 16.5. The SMILES string of the molecule is CN1CCN(Cc2ccc(-c3ccc(N(Cc4ccc(C(=O)CO)cc4)C(=O)N4CCOCC4)cc3)cc2)CC1. The minimum atomic E-state index is -0.522. The van der Waals surface area contributed by atoms with Crippen LogP contribution in [0.3, 0.4) is 0 Å². The Morgan fingerprint density at radius 2 is 1.35 bits per heavy atom.